The van der Waals surface area contributed by atoms with Crippen LogP contribution in [0.5, 0.6) is 0 Å². The lowest BCUT2D eigenvalue weighted by molar-refractivity contribution is -0.0500. The summed E-state index contributed by atoms with van der Waals surface area (Å²) in [6.07, 6.45) is -2.95. The van der Waals surface area contributed by atoms with Gasteiger partial charge in [-0.3, -0.25) is 4.57 Å². The standard InChI is InChI=1S/C10H13N5O4S/c11-10-14-4-7(12-2-13-8(4)20)15(10)9-6(18)5(17)3(1-16)19-9/h2-3,5-6,9,16-18H,1H2,(H2,11,14)(H,12,13,20)/t3-,5-,6-,9-/m1/s1. The molecule has 0 unspecified atom stereocenters. The molecule has 0 saturated carbocycles. The molecule has 0 amide bonds. The van der Waals surface area contributed by atoms with Crippen LogP contribution in [0.3, 0.4) is 0 Å². The van der Waals surface area contributed by atoms with Crippen LogP contribution in [0.2, 0.25) is 0 Å². The smallest absolute Gasteiger partial charge is 0.204 e. The molecule has 4 atom stereocenters. The predicted molar refractivity (Wildman–Crippen MR) is 70.1 cm³/mol. The van der Waals surface area contributed by atoms with E-state index in [-0.39, 0.29) is 10.6 Å². The molecule has 2 aromatic rings. The first-order valence-electron chi connectivity index (χ1n) is 5.88. The zero-order valence-corrected chi connectivity index (χ0v) is 11.0. The van der Waals surface area contributed by atoms with Crippen LogP contribution >= 0.6 is 12.2 Å². The average Bonchev–Trinajstić information content (AvgIpc) is 2.90. The molecule has 0 spiro atoms. The van der Waals surface area contributed by atoms with Crippen molar-refractivity contribution in [3.63, 3.8) is 0 Å². The minimum atomic E-state index is -1.25. The van der Waals surface area contributed by atoms with E-state index in [1.807, 2.05) is 0 Å². The van der Waals surface area contributed by atoms with Gasteiger partial charge in [-0.05, 0) is 0 Å². The number of nitrogens with one attached hydrogen (secondary N) is 1. The molecule has 20 heavy (non-hydrogen) atoms. The number of ether oxygens (including phenoxy) is 1. The van der Waals surface area contributed by atoms with Crippen LogP contribution in [0.15, 0.2) is 6.33 Å². The first kappa shape index (κ1) is 13.4. The van der Waals surface area contributed by atoms with Crippen molar-refractivity contribution in [3.8, 4) is 0 Å². The third kappa shape index (κ3) is 1.81. The molecule has 0 radical (unpaired) electrons. The molecular weight excluding hydrogens is 286 g/mol. The van der Waals surface area contributed by atoms with E-state index in [4.69, 9.17) is 27.8 Å². The molecule has 6 N–H and O–H groups in total. The maximum absolute atomic E-state index is 10.0. The van der Waals surface area contributed by atoms with Crippen molar-refractivity contribution in [1.29, 1.82) is 0 Å². The Bertz CT molecular complexity index is 701. The lowest BCUT2D eigenvalue weighted by Crippen LogP contribution is -2.33. The van der Waals surface area contributed by atoms with Gasteiger partial charge in [0, 0.05) is 0 Å². The van der Waals surface area contributed by atoms with Crippen LogP contribution < -0.4 is 5.73 Å². The maximum Gasteiger partial charge on any atom is 0.204 e. The van der Waals surface area contributed by atoms with Crippen molar-refractivity contribution in [2.24, 2.45) is 0 Å². The van der Waals surface area contributed by atoms with Crippen LogP contribution in [0.4, 0.5) is 5.95 Å². The first-order chi connectivity index (χ1) is 9.54. The number of anilines is 1. The summed E-state index contributed by atoms with van der Waals surface area (Å²) in [5, 5.41) is 28.9. The van der Waals surface area contributed by atoms with Gasteiger partial charge in [0.25, 0.3) is 0 Å². The Morgan fingerprint density at radius 3 is 2.85 bits per heavy atom. The van der Waals surface area contributed by atoms with Gasteiger partial charge in [-0.2, -0.15) is 0 Å². The molecule has 3 rings (SSSR count). The molecule has 10 heteroatoms. The Balaban J connectivity index is 2.14. The van der Waals surface area contributed by atoms with E-state index in [9.17, 15) is 10.2 Å². The number of fused-ring (bicyclic) bond motifs is 1. The van der Waals surface area contributed by atoms with Crippen molar-refractivity contribution in [3.05, 3.63) is 11.0 Å². The van der Waals surface area contributed by atoms with E-state index in [0.29, 0.717) is 11.2 Å². The number of imidazole rings is 1. The van der Waals surface area contributed by atoms with Gasteiger partial charge in [-0.15, -0.1) is 0 Å². The molecule has 3 heterocycles. The zero-order valence-electron chi connectivity index (χ0n) is 10.2. The fourth-order valence-corrected chi connectivity index (χ4v) is 2.50. The third-order valence-corrected chi connectivity index (χ3v) is 3.59. The molecule has 1 saturated heterocycles. The van der Waals surface area contributed by atoms with Gasteiger partial charge in [0.2, 0.25) is 5.95 Å². The van der Waals surface area contributed by atoms with Gasteiger partial charge in [0.15, 0.2) is 10.9 Å². The molecule has 108 valence electrons. The number of hydrogen-bond acceptors (Lipinski definition) is 8. The van der Waals surface area contributed by atoms with Gasteiger partial charge in [-0.25, -0.2) is 9.97 Å². The quantitative estimate of drug-likeness (QED) is 0.430. The van der Waals surface area contributed by atoms with Crippen LogP contribution in [-0.2, 0) is 4.74 Å². The van der Waals surface area contributed by atoms with Gasteiger partial charge >= 0.3 is 0 Å². The third-order valence-electron chi connectivity index (χ3n) is 3.30. The van der Waals surface area contributed by atoms with Crippen molar-refractivity contribution in [1.82, 2.24) is 19.5 Å². The largest absolute Gasteiger partial charge is 0.394 e. The monoisotopic (exact) mass is 299 g/mol. The van der Waals surface area contributed by atoms with Crippen LogP contribution in [0.25, 0.3) is 11.2 Å². The van der Waals surface area contributed by atoms with Gasteiger partial charge in [0.1, 0.15) is 29.5 Å². The summed E-state index contributed by atoms with van der Waals surface area (Å²) in [4.78, 5) is 10.8. The average molecular weight is 299 g/mol. The van der Waals surface area contributed by atoms with Crippen molar-refractivity contribution >= 4 is 29.3 Å². The highest BCUT2D eigenvalue weighted by Gasteiger charge is 2.44. The van der Waals surface area contributed by atoms with Crippen LogP contribution in [-0.4, -0.2) is 59.8 Å². The van der Waals surface area contributed by atoms with E-state index in [1.54, 1.807) is 0 Å². The normalized spacial score (nSPS) is 30.1. The minimum absolute atomic E-state index is 0.0604. The van der Waals surface area contributed by atoms with E-state index in [2.05, 4.69) is 15.0 Å². The van der Waals surface area contributed by atoms with Gasteiger partial charge in [-0.1, -0.05) is 12.2 Å². The first-order valence-corrected chi connectivity index (χ1v) is 6.29. The van der Waals surface area contributed by atoms with E-state index in [0.717, 1.165) is 0 Å². The Morgan fingerprint density at radius 1 is 1.45 bits per heavy atom. The molecule has 0 aromatic carbocycles. The number of aromatic amines is 1. The minimum Gasteiger partial charge on any atom is -0.394 e. The van der Waals surface area contributed by atoms with Crippen LogP contribution in [0, 0.1) is 4.64 Å². The van der Waals surface area contributed by atoms with E-state index >= 15 is 0 Å². The predicted octanol–water partition coefficient (Wildman–Crippen LogP) is -1.32. The number of aromatic nitrogens is 4. The van der Waals surface area contributed by atoms with E-state index < -0.39 is 31.1 Å². The number of nitrogen functional groups attached to an aromatic ring is 1. The Morgan fingerprint density at radius 2 is 2.20 bits per heavy atom. The molecule has 0 bridgehead atoms. The topological polar surface area (TPSA) is 142 Å². The lowest BCUT2D eigenvalue weighted by Gasteiger charge is -2.17. The van der Waals surface area contributed by atoms with Crippen LogP contribution in [0.1, 0.15) is 6.23 Å². The summed E-state index contributed by atoms with van der Waals surface area (Å²) in [6.45, 7) is -0.418. The fraction of sp³-hybridized carbons (Fsp3) is 0.500. The Kier molecular flexibility index (Phi) is 3.18. The summed E-state index contributed by atoms with van der Waals surface area (Å²) in [7, 11) is 0. The van der Waals surface area contributed by atoms with Crippen molar-refractivity contribution in [2.75, 3.05) is 12.3 Å². The Labute approximate surface area is 117 Å². The van der Waals surface area contributed by atoms with Gasteiger partial charge < -0.3 is 30.8 Å². The summed E-state index contributed by atoms with van der Waals surface area (Å²) < 4.78 is 7.07. The number of nitrogens with zero attached hydrogens (tertiary/aromatic N) is 3. The Hall–Kier alpha value is -1.59. The van der Waals surface area contributed by atoms with Crippen molar-refractivity contribution < 1.29 is 20.1 Å². The molecule has 1 aliphatic heterocycles. The maximum atomic E-state index is 10.0. The number of rotatable bonds is 2. The summed E-state index contributed by atoms with van der Waals surface area (Å²) in [5.41, 5.74) is 6.62. The highest BCUT2D eigenvalue weighted by Crippen LogP contribution is 2.33. The molecule has 9 nitrogen and oxygen atoms in total. The number of hydrogen-bond donors (Lipinski definition) is 5. The highest BCUT2D eigenvalue weighted by atomic mass is 32.1. The number of aliphatic hydroxyl groups is 3. The SMILES string of the molecule is Nc1nc2c(=S)nc[nH]c2n1[C@@H]1O[C@H](CO)[C@@H](O)[C@H]1O. The molecule has 1 fully saturated rings. The number of H-pyrrole nitrogens is 1. The lowest BCUT2D eigenvalue weighted by atomic mass is 10.1. The molecule has 2 aromatic heterocycles. The number of aliphatic hydroxyl groups excluding tert-OH is 3. The zero-order chi connectivity index (χ0) is 14.4. The second kappa shape index (κ2) is 4.75. The molecular formula is C10H13N5O4S. The van der Waals surface area contributed by atoms with Gasteiger partial charge in [0.05, 0.1) is 12.9 Å². The second-order valence-electron chi connectivity index (χ2n) is 4.47. The number of nitrogens with two attached hydrogens (primary N) is 1. The summed E-state index contributed by atoms with van der Waals surface area (Å²) >= 11 is 5.04. The van der Waals surface area contributed by atoms with E-state index in [1.165, 1.54) is 10.9 Å². The van der Waals surface area contributed by atoms with Crippen molar-refractivity contribution in [2.45, 2.75) is 24.5 Å². The highest BCUT2D eigenvalue weighted by molar-refractivity contribution is 7.71. The second-order valence-corrected chi connectivity index (χ2v) is 4.86. The molecule has 0 aliphatic carbocycles. The summed E-state index contributed by atoms with van der Waals surface area (Å²) in [5.74, 6) is 0.0604. The summed E-state index contributed by atoms with van der Waals surface area (Å²) in [6, 6.07) is 0. The molecule has 1 aliphatic rings. The fourth-order valence-electron chi connectivity index (χ4n) is 2.30.